The molecule has 2 aromatic heterocycles. The summed E-state index contributed by atoms with van der Waals surface area (Å²) in [6.07, 6.45) is 3.30. The third-order valence-electron chi connectivity index (χ3n) is 3.47. The van der Waals surface area contributed by atoms with Crippen molar-refractivity contribution in [2.24, 2.45) is 0 Å². The molecule has 0 aliphatic heterocycles. The molecule has 0 fully saturated rings. The van der Waals surface area contributed by atoms with Gasteiger partial charge < -0.3 is 4.98 Å². The zero-order chi connectivity index (χ0) is 15.0. The molecule has 1 N–H and O–H groups in total. The van der Waals surface area contributed by atoms with Gasteiger partial charge in [-0.25, -0.2) is 4.98 Å². The molecule has 0 spiro atoms. The van der Waals surface area contributed by atoms with Gasteiger partial charge in [0.05, 0.1) is 11.0 Å². The lowest BCUT2D eigenvalue weighted by Crippen LogP contribution is -2.18. The maximum Gasteiger partial charge on any atom is 0.254 e. The van der Waals surface area contributed by atoms with E-state index >= 15 is 0 Å². The van der Waals surface area contributed by atoms with E-state index in [0.29, 0.717) is 5.82 Å². The fourth-order valence-electron chi connectivity index (χ4n) is 2.52. The predicted octanol–water partition coefficient (Wildman–Crippen LogP) is 2.81. The number of aromatic amines is 1. The van der Waals surface area contributed by atoms with E-state index in [4.69, 9.17) is 0 Å². The molecule has 5 nitrogen and oxygen atoms in total. The van der Waals surface area contributed by atoms with Crippen LogP contribution in [0.3, 0.4) is 0 Å². The molecule has 5 heteroatoms. The van der Waals surface area contributed by atoms with Gasteiger partial charge in [-0.15, -0.1) is 0 Å². The molecule has 21 heavy (non-hydrogen) atoms. The Labute approximate surface area is 122 Å². The number of aryl methyl sites for hydroxylation is 1. The minimum absolute atomic E-state index is 0.0771. The molecule has 2 heterocycles. The summed E-state index contributed by atoms with van der Waals surface area (Å²) < 4.78 is 0. The quantitative estimate of drug-likeness (QED) is 0.783. The third kappa shape index (κ3) is 2.42. The van der Waals surface area contributed by atoms with Crippen LogP contribution in [0, 0.1) is 6.92 Å². The Kier molecular flexibility index (Phi) is 3.25. The molecule has 0 atom stereocenters. The summed E-state index contributed by atoms with van der Waals surface area (Å²) in [5.41, 5.74) is 3.86. The number of hydrogen-bond acceptors (Lipinski definition) is 4. The second-order valence-electron chi connectivity index (χ2n) is 5.33. The molecule has 0 radical (unpaired) electrons. The number of fused-ring (bicyclic) bond motifs is 1. The van der Waals surface area contributed by atoms with Crippen LogP contribution in [-0.2, 0) is 0 Å². The highest BCUT2D eigenvalue weighted by atomic mass is 16.1. The molecule has 0 saturated carbocycles. The van der Waals surface area contributed by atoms with E-state index in [-0.39, 0.29) is 11.5 Å². The fraction of sp³-hybridized carbons (Fsp3) is 0.250. The van der Waals surface area contributed by atoms with Crippen LogP contribution in [-0.4, -0.2) is 19.9 Å². The average molecular weight is 280 g/mol. The summed E-state index contributed by atoms with van der Waals surface area (Å²) in [5.74, 6) is 0.715. The van der Waals surface area contributed by atoms with Crippen molar-refractivity contribution in [3.8, 4) is 11.4 Å². The molecular formula is C16H16N4O. The van der Waals surface area contributed by atoms with Gasteiger partial charge in [0.1, 0.15) is 5.82 Å². The summed E-state index contributed by atoms with van der Waals surface area (Å²) in [6.45, 7) is 5.85. The Morgan fingerprint density at radius 1 is 1.10 bits per heavy atom. The summed E-state index contributed by atoms with van der Waals surface area (Å²) in [5, 5.41) is 0. The van der Waals surface area contributed by atoms with Crippen molar-refractivity contribution < 1.29 is 0 Å². The number of hydrogen-bond donors (Lipinski definition) is 1. The van der Waals surface area contributed by atoms with E-state index < -0.39 is 0 Å². The van der Waals surface area contributed by atoms with Crippen molar-refractivity contribution in [3.63, 3.8) is 0 Å². The SMILES string of the molecule is Cc1nc(-c2ccc3nccnc3c2)[nH]c(=O)c1C(C)C. The third-order valence-corrected chi connectivity index (χ3v) is 3.47. The maximum atomic E-state index is 12.2. The summed E-state index contributed by atoms with van der Waals surface area (Å²) in [6, 6.07) is 5.65. The van der Waals surface area contributed by atoms with Crippen LogP contribution in [0.25, 0.3) is 22.4 Å². The van der Waals surface area contributed by atoms with E-state index in [9.17, 15) is 4.79 Å². The van der Waals surface area contributed by atoms with Gasteiger partial charge in [-0.05, 0) is 31.0 Å². The molecule has 0 aliphatic carbocycles. The van der Waals surface area contributed by atoms with Gasteiger partial charge in [-0.2, -0.15) is 0 Å². The smallest absolute Gasteiger partial charge is 0.254 e. The standard InChI is InChI=1S/C16H16N4O/c1-9(2)14-10(3)19-15(20-16(14)21)11-4-5-12-13(8-11)18-7-6-17-12/h4-9H,1-3H3,(H,19,20,21). The van der Waals surface area contributed by atoms with Crippen molar-refractivity contribution >= 4 is 11.0 Å². The monoisotopic (exact) mass is 280 g/mol. The molecule has 106 valence electrons. The second kappa shape index (κ2) is 5.09. The van der Waals surface area contributed by atoms with Gasteiger partial charge in [0.15, 0.2) is 0 Å². The number of H-pyrrole nitrogens is 1. The fourth-order valence-corrected chi connectivity index (χ4v) is 2.52. The van der Waals surface area contributed by atoms with E-state index in [1.807, 2.05) is 39.0 Å². The number of rotatable bonds is 2. The Bertz CT molecular complexity index is 868. The molecule has 0 bridgehead atoms. The van der Waals surface area contributed by atoms with Crippen molar-refractivity contribution in [1.29, 1.82) is 0 Å². The summed E-state index contributed by atoms with van der Waals surface area (Å²) in [4.78, 5) is 28.1. The van der Waals surface area contributed by atoms with Gasteiger partial charge in [0.25, 0.3) is 5.56 Å². The van der Waals surface area contributed by atoms with Crippen LogP contribution < -0.4 is 5.56 Å². The minimum Gasteiger partial charge on any atom is -0.306 e. The number of aromatic nitrogens is 4. The Morgan fingerprint density at radius 3 is 2.48 bits per heavy atom. The lowest BCUT2D eigenvalue weighted by Gasteiger charge is -2.10. The zero-order valence-electron chi connectivity index (χ0n) is 12.2. The average Bonchev–Trinajstić information content (AvgIpc) is 2.45. The van der Waals surface area contributed by atoms with Crippen LogP contribution >= 0.6 is 0 Å². The normalized spacial score (nSPS) is 11.2. The molecule has 0 amide bonds. The van der Waals surface area contributed by atoms with Crippen LogP contribution in [0.5, 0.6) is 0 Å². The number of benzene rings is 1. The van der Waals surface area contributed by atoms with Gasteiger partial charge in [-0.1, -0.05) is 13.8 Å². The number of nitrogens with zero attached hydrogens (tertiary/aromatic N) is 3. The van der Waals surface area contributed by atoms with Crippen LogP contribution in [0.15, 0.2) is 35.4 Å². The highest BCUT2D eigenvalue weighted by Crippen LogP contribution is 2.20. The van der Waals surface area contributed by atoms with Gasteiger partial charge >= 0.3 is 0 Å². The van der Waals surface area contributed by atoms with Crippen molar-refractivity contribution in [1.82, 2.24) is 19.9 Å². The molecule has 3 aromatic rings. The van der Waals surface area contributed by atoms with Gasteiger partial charge in [0.2, 0.25) is 0 Å². The predicted molar refractivity (Wildman–Crippen MR) is 82.2 cm³/mol. The zero-order valence-corrected chi connectivity index (χ0v) is 12.2. The minimum atomic E-state index is -0.0771. The van der Waals surface area contributed by atoms with Crippen molar-refractivity contribution in [3.05, 3.63) is 52.2 Å². The van der Waals surface area contributed by atoms with Crippen molar-refractivity contribution in [2.45, 2.75) is 26.7 Å². The first kappa shape index (κ1) is 13.4. The van der Waals surface area contributed by atoms with E-state index in [1.54, 1.807) is 12.4 Å². The van der Waals surface area contributed by atoms with E-state index in [2.05, 4.69) is 19.9 Å². The van der Waals surface area contributed by atoms with E-state index in [1.165, 1.54) is 0 Å². The summed E-state index contributed by atoms with van der Waals surface area (Å²) >= 11 is 0. The first-order valence-corrected chi connectivity index (χ1v) is 6.88. The summed E-state index contributed by atoms with van der Waals surface area (Å²) in [7, 11) is 0. The van der Waals surface area contributed by atoms with Gasteiger partial charge in [0, 0.05) is 29.2 Å². The topological polar surface area (TPSA) is 71.5 Å². The van der Waals surface area contributed by atoms with Gasteiger partial charge in [-0.3, -0.25) is 14.8 Å². The molecule has 0 saturated heterocycles. The Hall–Kier alpha value is -2.56. The lowest BCUT2D eigenvalue weighted by molar-refractivity contribution is 0.815. The molecule has 3 rings (SSSR count). The Balaban J connectivity index is 2.17. The van der Waals surface area contributed by atoms with Crippen LogP contribution in [0.4, 0.5) is 0 Å². The molecule has 0 unspecified atom stereocenters. The largest absolute Gasteiger partial charge is 0.306 e. The van der Waals surface area contributed by atoms with Crippen LogP contribution in [0.1, 0.15) is 31.0 Å². The molecule has 0 aliphatic rings. The first-order valence-electron chi connectivity index (χ1n) is 6.88. The Morgan fingerprint density at radius 2 is 1.81 bits per heavy atom. The number of nitrogens with one attached hydrogen (secondary N) is 1. The molecule has 1 aromatic carbocycles. The molecular weight excluding hydrogens is 264 g/mol. The highest BCUT2D eigenvalue weighted by Gasteiger charge is 2.12. The van der Waals surface area contributed by atoms with Crippen LogP contribution in [0.2, 0.25) is 0 Å². The maximum absolute atomic E-state index is 12.2. The second-order valence-corrected chi connectivity index (χ2v) is 5.33. The lowest BCUT2D eigenvalue weighted by atomic mass is 10.0. The first-order chi connectivity index (χ1) is 10.1. The van der Waals surface area contributed by atoms with E-state index in [0.717, 1.165) is 27.9 Å². The highest BCUT2D eigenvalue weighted by molar-refractivity contribution is 5.79. The van der Waals surface area contributed by atoms with Crippen molar-refractivity contribution in [2.75, 3.05) is 0 Å².